The maximum absolute atomic E-state index is 13.4. The molecular weight excluding hydrogens is 225 g/mol. The second-order valence-corrected chi connectivity index (χ2v) is 3.17. The molecule has 0 aliphatic carbocycles. The fraction of sp³-hybridized carbons (Fsp3) is 0. The lowest BCUT2D eigenvalue weighted by molar-refractivity contribution is 0.0692. The quantitative estimate of drug-likeness (QED) is 0.850. The average molecular weight is 231 g/mol. The van der Waals surface area contributed by atoms with Crippen LogP contribution in [0.25, 0.3) is 5.69 Å². The van der Waals surface area contributed by atoms with Gasteiger partial charge in [-0.15, -0.1) is 0 Å². The van der Waals surface area contributed by atoms with Crippen LogP contribution in [0.15, 0.2) is 30.6 Å². The molecule has 0 radical (unpaired) electrons. The summed E-state index contributed by atoms with van der Waals surface area (Å²) in [6.45, 7) is 0. The van der Waals surface area contributed by atoms with E-state index in [9.17, 15) is 9.18 Å². The summed E-state index contributed by atoms with van der Waals surface area (Å²) < 4.78 is 14.7. The van der Waals surface area contributed by atoms with E-state index in [1.807, 2.05) is 0 Å². The molecule has 2 rings (SSSR count). The van der Waals surface area contributed by atoms with Crippen molar-refractivity contribution in [1.29, 1.82) is 5.26 Å². The Morgan fingerprint density at radius 1 is 1.53 bits per heavy atom. The molecule has 1 aromatic carbocycles. The highest BCUT2D eigenvalue weighted by molar-refractivity contribution is 5.92. The van der Waals surface area contributed by atoms with Crippen molar-refractivity contribution in [3.8, 4) is 11.8 Å². The number of carboxylic acids is 1. The molecule has 0 saturated carbocycles. The first-order valence-electron chi connectivity index (χ1n) is 4.60. The molecule has 6 heteroatoms. The summed E-state index contributed by atoms with van der Waals surface area (Å²) in [7, 11) is 0. The van der Waals surface area contributed by atoms with E-state index in [0.29, 0.717) is 0 Å². The summed E-state index contributed by atoms with van der Waals surface area (Å²) in [5, 5.41) is 17.7. The van der Waals surface area contributed by atoms with E-state index < -0.39 is 17.3 Å². The molecule has 1 N–H and O–H groups in total. The SMILES string of the molecule is N#Cc1nccn1-c1cccc(F)c1C(=O)O. The molecule has 0 saturated heterocycles. The van der Waals surface area contributed by atoms with Gasteiger partial charge in [-0.05, 0) is 12.1 Å². The fourth-order valence-electron chi connectivity index (χ4n) is 1.51. The van der Waals surface area contributed by atoms with Crippen LogP contribution in [0.3, 0.4) is 0 Å². The van der Waals surface area contributed by atoms with Crippen molar-refractivity contribution in [3.05, 3.63) is 47.8 Å². The van der Waals surface area contributed by atoms with Gasteiger partial charge in [-0.2, -0.15) is 5.26 Å². The predicted molar refractivity (Wildman–Crippen MR) is 55.2 cm³/mol. The number of hydrogen-bond acceptors (Lipinski definition) is 3. The van der Waals surface area contributed by atoms with Gasteiger partial charge >= 0.3 is 5.97 Å². The topological polar surface area (TPSA) is 78.9 Å². The molecule has 84 valence electrons. The maximum Gasteiger partial charge on any atom is 0.340 e. The van der Waals surface area contributed by atoms with Crippen LogP contribution in [0.4, 0.5) is 4.39 Å². The number of carboxylic acid groups (broad SMARTS) is 1. The molecule has 0 aliphatic rings. The molecule has 0 spiro atoms. The summed E-state index contributed by atoms with van der Waals surface area (Å²) in [5.41, 5.74) is -0.409. The van der Waals surface area contributed by atoms with Crippen molar-refractivity contribution in [2.75, 3.05) is 0 Å². The fourth-order valence-corrected chi connectivity index (χ4v) is 1.51. The highest BCUT2D eigenvalue weighted by Gasteiger charge is 2.18. The molecule has 1 heterocycles. The lowest BCUT2D eigenvalue weighted by Crippen LogP contribution is -2.09. The average Bonchev–Trinajstić information content (AvgIpc) is 2.75. The van der Waals surface area contributed by atoms with Gasteiger partial charge in [0, 0.05) is 12.4 Å². The highest BCUT2D eigenvalue weighted by atomic mass is 19.1. The Bertz CT molecular complexity index is 628. The van der Waals surface area contributed by atoms with Gasteiger partial charge in [-0.3, -0.25) is 4.57 Å². The number of benzene rings is 1. The Balaban J connectivity index is 2.73. The highest BCUT2D eigenvalue weighted by Crippen LogP contribution is 2.19. The van der Waals surface area contributed by atoms with E-state index in [2.05, 4.69) is 4.98 Å². The predicted octanol–water partition coefficient (Wildman–Crippen LogP) is 1.58. The first-order valence-corrected chi connectivity index (χ1v) is 4.60. The Morgan fingerprint density at radius 3 is 2.94 bits per heavy atom. The number of hydrogen-bond donors (Lipinski definition) is 1. The van der Waals surface area contributed by atoms with E-state index in [0.717, 1.165) is 6.07 Å². The molecule has 0 fully saturated rings. The van der Waals surface area contributed by atoms with E-state index in [1.165, 1.54) is 29.1 Å². The van der Waals surface area contributed by atoms with E-state index >= 15 is 0 Å². The van der Waals surface area contributed by atoms with Crippen LogP contribution in [0.5, 0.6) is 0 Å². The van der Waals surface area contributed by atoms with Gasteiger partial charge in [0.25, 0.3) is 0 Å². The minimum absolute atomic E-state index is 0.00176. The van der Waals surface area contributed by atoms with Gasteiger partial charge < -0.3 is 5.11 Å². The smallest absolute Gasteiger partial charge is 0.340 e. The van der Waals surface area contributed by atoms with Gasteiger partial charge in [0.15, 0.2) is 0 Å². The van der Waals surface area contributed by atoms with Crippen LogP contribution in [0.2, 0.25) is 0 Å². The monoisotopic (exact) mass is 231 g/mol. The van der Waals surface area contributed by atoms with Gasteiger partial charge in [0.05, 0.1) is 5.69 Å². The molecule has 0 aliphatic heterocycles. The molecule has 2 aromatic rings. The number of nitrogens with zero attached hydrogens (tertiary/aromatic N) is 3. The number of rotatable bonds is 2. The van der Waals surface area contributed by atoms with E-state index in [1.54, 1.807) is 6.07 Å². The number of halogens is 1. The number of imidazole rings is 1. The summed E-state index contributed by atoms with van der Waals surface area (Å²) in [6.07, 6.45) is 2.74. The van der Waals surface area contributed by atoms with E-state index in [4.69, 9.17) is 10.4 Å². The first kappa shape index (κ1) is 10.8. The Labute approximate surface area is 95.4 Å². The Morgan fingerprint density at radius 2 is 2.29 bits per heavy atom. The lowest BCUT2D eigenvalue weighted by Gasteiger charge is -2.08. The first-order chi connectivity index (χ1) is 8.15. The van der Waals surface area contributed by atoms with Crippen LogP contribution in [-0.2, 0) is 0 Å². The van der Waals surface area contributed by atoms with Crippen LogP contribution in [-0.4, -0.2) is 20.6 Å². The van der Waals surface area contributed by atoms with Crippen LogP contribution >= 0.6 is 0 Å². The number of aromatic nitrogens is 2. The van der Waals surface area contributed by atoms with Gasteiger partial charge in [0.1, 0.15) is 17.4 Å². The minimum atomic E-state index is -1.39. The van der Waals surface area contributed by atoms with Crippen molar-refractivity contribution in [2.24, 2.45) is 0 Å². The number of aromatic carboxylic acids is 1. The molecule has 0 unspecified atom stereocenters. The van der Waals surface area contributed by atoms with Crippen molar-refractivity contribution in [1.82, 2.24) is 9.55 Å². The second kappa shape index (κ2) is 4.06. The summed E-state index contributed by atoms with van der Waals surface area (Å²) in [5.74, 6) is -2.25. The molecule has 0 amide bonds. The van der Waals surface area contributed by atoms with Crippen LogP contribution < -0.4 is 0 Å². The van der Waals surface area contributed by atoms with E-state index in [-0.39, 0.29) is 11.5 Å². The summed E-state index contributed by atoms with van der Waals surface area (Å²) >= 11 is 0. The normalized spacial score (nSPS) is 9.88. The zero-order chi connectivity index (χ0) is 12.4. The van der Waals surface area contributed by atoms with Crippen molar-refractivity contribution < 1.29 is 14.3 Å². The summed E-state index contributed by atoms with van der Waals surface area (Å²) in [6, 6.07) is 5.63. The van der Waals surface area contributed by atoms with Crippen molar-refractivity contribution in [3.63, 3.8) is 0 Å². The number of nitriles is 1. The van der Waals surface area contributed by atoms with Gasteiger partial charge in [-0.25, -0.2) is 14.2 Å². The zero-order valence-electron chi connectivity index (χ0n) is 8.46. The molecule has 17 heavy (non-hydrogen) atoms. The second-order valence-electron chi connectivity index (χ2n) is 3.17. The standard InChI is InChI=1S/C11H6FN3O2/c12-7-2-1-3-8(10(7)11(16)17)15-5-4-14-9(15)6-13/h1-5H,(H,16,17). The Kier molecular flexibility index (Phi) is 2.58. The third-order valence-corrected chi connectivity index (χ3v) is 2.21. The van der Waals surface area contributed by atoms with Gasteiger partial charge in [-0.1, -0.05) is 6.07 Å². The zero-order valence-corrected chi connectivity index (χ0v) is 8.46. The maximum atomic E-state index is 13.4. The molecule has 0 bridgehead atoms. The van der Waals surface area contributed by atoms with Crippen LogP contribution in [0.1, 0.15) is 16.2 Å². The third-order valence-electron chi connectivity index (χ3n) is 2.21. The van der Waals surface area contributed by atoms with Gasteiger partial charge in [0.2, 0.25) is 5.82 Å². The largest absolute Gasteiger partial charge is 0.478 e. The molecule has 0 atom stereocenters. The Hall–Kier alpha value is -2.68. The van der Waals surface area contributed by atoms with Crippen LogP contribution in [0, 0.1) is 17.1 Å². The lowest BCUT2D eigenvalue weighted by atomic mass is 10.1. The molecule has 5 nitrogen and oxygen atoms in total. The minimum Gasteiger partial charge on any atom is -0.478 e. The third kappa shape index (κ3) is 1.74. The number of carbonyl (C=O) groups is 1. The molecule has 1 aromatic heterocycles. The molecular formula is C11H6FN3O2. The van der Waals surface area contributed by atoms with Crippen molar-refractivity contribution in [2.45, 2.75) is 0 Å². The summed E-state index contributed by atoms with van der Waals surface area (Å²) in [4.78, 5) is 14.7. The van der Waals surface area contributed by atoms with Crippen molar-refractivity contribution >= 4 is 5.97 Å².